The zero-order valence-corrected chi connectivity index (χ0v) is 24.0. The Hall–Kier alpha value is -2.71. The molecule has 2 fully saturated rings. The molecule has 2 N–H and O–H groups in total. The van der Waals surface area contributed by atoms with Gasteiger partial charge in [0.15, 0.2) is 0 Å². The molecule has 40 heavy (non-hydrogen) atoms. The summed E-state index contributed by atoms with van der Waals surface area (Å²) in [7, 11) is 1.72. The minimum absolute atomic E-state index is 0.0128. The molecule has 0 radical (unpaired) electrons. The first kappa shape index (κ1) is 28.8. The number of carbonyl (C=O) groups is 1. The van der Waals surface area contributed by atoms with Crippen LogP contribution in [0.1, 0.15) is 99.1 Å². The quantitative estimate of drug-likeness (QED) is 0.318. The minimum atomic E-state index is -0.917. The van der Waals surface area contributed by atoms with Crippen LogP contribution in [0.25, 0.3) is 0 Å². The van der Waals surface area contributed by atoms with Crippen LogP contribution in [-0.2, 0) is 22.4 Å². The highest BCUT2D eigenvalue weighted by Gasteiger charge is 2.36. The summed E-state index contributed by atoms with van der Waals surface area (Å²) in [5.41, 5.74) is 3.83. The van der Waals surface area contributed by atoms with E-state index in [4.69, 9.17) is 14.5 Å². The Morgan fingerprint density at radius 3 is 2.77 bits per heavy atom. The number of anilines is 1. The second-order valence-corrected chi connectivity index (χ2v) is 11.8. The van der Waals surface area contributed by atoms with E-state index in [2.05, 4.69) is 18.3 Å². The molecule has 1 saturated heterocycles. The van der Waals surface area contributed by atoms with Crippen molar-refractivity contribution in [3.05, 3.63) is 52.5 Å². The lowest BCUT2D eigenvalue weighted by Gasteiger charge is -2.30. The summed E-state index contributed by atoms with van der Waals surface area (Å²) in [6.07, 6.45) is 11.1. The molecule has 3 atom stereocenters. The van der Waals surface area contributed by atoms with Gasteiger partial charge in [0, 0.05) is 43.1 Å². The Labute approximate surface area is 237 Å². The van der Waals surface area contributed by atoms with Crippen LogP contribution in [0.3, 0.4) is 0 Å². The van der Waals surface area contributed by atoms with Crippen molar-refractivity contribution in [2.75, 3.05) is 32.1 Å². The number of aromatic nitrogens is 1. The van der Waals surface area contributed by atoms with Crippen LogP contribution in [0.15, 0.2) is 24.3 Å². The first-order valence-corrected chi connectivity index (χ1v) is 15.1. The lowest BCUT2D eigenvalue weighted by atomic mass is 9.80. The largest absolute Gasteiger partial charge is 0.496 e. The van der Waals surface area contributed by atoms with Gasteiger partial charge in [0.2, 0.25) is 0 Å². The highest BCUT2D eigenvalue weighted by molar-refractivity contribution is 5.76. The molecule has 1 aromatic carbocycles. The predicted octanol–water partition coefficient (Wildman–Crippen LogP) is 6.26. The average molecular weight is 554 g/mol. The van der Waals surface area contributed by atoms with Crippen LogP contribution >= 0.6 is 0 Å². The highest BCUT2D eigenvalue weighted by atomic mass is 19.1. The van der Waals surface area contributed by atoms with Gasteiger partial charge >= 0.3 is 5.97 Å². The Bertz CT molecular complexity index is 1170. The van der Waals surface area contributed by atoms with Crippen molar-refractivity contribution in [2.24, 2.45) is 0 Å². The van der Waals surface area contributed by atoms with Gasteiger partial charge in [-0.05, 0) is 87.5 Å². The van der Waals surface area contributed by atoms with Crippen LogP contribution in [0.2, 0.25) is 0 Å². The molecule has 218 valence electrons. The van der Waals surface area contributed by atoms with Crippen LogP contribution in [-0.4, -0.2) is 59.9 Å². The first-order valence-electron chi connectivity index (χ1n) is 15.1. The second kappa shape index (κ2) is 13.3. The summed E-state index contributed by atoms with van der Waals surface area (Å²) in [5, 5.41) is 13.7. The lowest BCUT2D eigenvalue weighted by molar-refractivity contribution is -0.143. The number of likely N-dealkylation sites (tertiary alicyclic amines) is 1. The number of pyridine rings is 1. The number of aliphatic carboxylic acids is 1. The van der Waals surface area contributed by atoms with Crippen LogP contribution in [0.4, 0.5) is 10.2 Å². The van der Waals surface area contributed by atoms with Crippen LogP contribution in [0, 0.1) is 5.82 Å². The van der Waals surface area contributed by atoms with Gasteiger partial charge in [0.1, 0.15) is 23.4 Å². The third-order valence-corrected chi connectivity index (χ3v) is 8.91. The highest BCUT2D eigenvalue weighted by Crippen LogP contribution is 2.39. The number of carboxylic acid groups (broad SMARTS) is 1. The van der Waals surface area contributed by atoms with Crippen molar-refractivity contribution in [1.82, 2.24) is 9.88 Å². The molecule has 8 heteroatoms. The minimum Gasteiger partial charge on any atom is -0.496 e. The normalized spacial score (nSPS) is 22.5. The number of nitrogens with one attached hydrogen (secondary N) is 1. The number of aryl methyl sites for hydroxylation is 1. The van der Waals surface area contributed by atoms with Gasteiger partial charge in [-0.2, -0.15) is 0 Å². The molecule has 1 saturated carbocycles. The van der Waals surface area contributed by atoms with E-state index in [-0.39, 0.29) is 11.9 Å². The van der Waals surface area contributed by atoms with Gasteiger partial charge in [-0.25, -0.2) is 9.37 Å². The first-order chi connectivity index (χ1) is 19.4. The molecule has 5 rings (SSSR count). The summed E-state index contributed by atoms with van der Waals surface area (Å²) in [4.78, 5) is 19.3. The topological polar surface area (TPSA) is 83.9 Å². The van der Waals surface area contributed by atoms with E-state index in [0.29, 0.717) is 37.2 Å². The monoisotopic (exact) mass is 553 g/mol. The molecule has 2 aromatic rings. The molecular weight excluding hydrogens is 509 g/mol. The van der Waals surface area contributed by atoms with Crippen molar-refractivity contribution in [3.63, 3.8) is 0 Å². The van der Waals surface area contributed by atoms with E-state index in [9.17, 15) is 14.3 Å². The Morgan fingerprint density at radius 2 is 2.00 bits per heavy atom. The number of nitrogens with zero attached hydrogens (tertiary/aromatic N) is 2. The van der Waals surface area contributed by atoms with Crippen LogP contribution < -0.4 is 10.1 Å². The Balaban J connectivity index is 1.14. The van der Waals surface area contributed by atoms with E-state index in [0.717, 1.165) is 87.0 Å². The molecule has 3 aliphatic rings. The third-order valence-electron chi connectivity index (χ3n) is 8.91. The van der Waals surface area contributed by atoms with E-state index in [1.54, 1.807) is 7.11 Å². The molecule has 0 spiro atoms. The molecule has 3 heterocycles. The lowest BCUT2D eigenvalue weighted by Crippen LogP contribution is -2.34. The summed E-state index contributed by atoms with van der Waals surface area (Å²) < 4.78 is 26.2. The van der Waals surface area contributed by atoms with Gasteiger partial charge in [-0.1, -0.05) is 25.3 Å². The number of carboxylic acids is 1. The number of benzene rings is 1. The summed E-state index contributed by atoms with van der Waals surface area (Å²) in [5.74, 6) is 0.891. The summed E-state index contributed by atoms with van der Waals surface area (Å²) in [6, 6.07) is 6.39. The zero-order valence-electron chi connectivity index (χ0n) is 24.0. The maximum atomic E-state index is 14.4. The van der Waals surface area contributed by atoms with Crippen molar-refractivity contribution in [1.29, 1.82) is 0 Å². The summed E-state index contributed by atoms with van der Waals surface area (Å²) >= 11 is 0. The van der Waals surface area contributed by atoms with Gasteiger partial charge in [-0.3, -0.25) is 9.69 Å². The smallest absolute Gasteiger partial charge is 0.325 e. The molecule has 0 bridgehead atoms. The standard InChI is InChI=1S/C32H44FN3O4/c1-21-11-13-27-29(39-2)19-24(35-31(27)34-21)10-6-7-17-40-25-15-16-36(20-25)30(32(37)38)28-18-23(33)12-14-26(28)22-8-4-3-5-9-22/h12,14,18-19,21-22,25,30H,3-11,13,15-17,20H2,1-2H3,(H,34,35)(H,37,38)/t21?,25-,30?/m1/s1. The van der Waals surface area contributed by atoms with Crippen molar-refractivity contribution >= 4 is 11.8 Å². The number of hydrogen-bond acceptors (Lipinski definition) is 6. The van der Waals surface area contributed by atoms with Gasteiger partial charge in [0.25, 0.3) is 0 Å². The number of methoxy groups -OCH3 is 1. The number of hydrogen-bond donors (Lipinski definition) is 2. The van der Waals surface area contributed by atoms with Gasteiger partial charge < -0.3 is 19.9 Å². The van der Waals surface area contributed by atoms with Crippen molar-refractivity contribution in [3.8, 4) is 5.75 Å². The molecule has 0 amide bonds. The second-order valence-electron chi connectivity index (χ2n) is 11.8. The molecule has 7 nitrogen and oxygen atoms in total. The van der Waals surface area contributed by atoms with E-state index < -0.39 is 12.0 Å². The van der Waals surface area contributed by atoms with E-state index in [1.165, 1.54) is 24.1 Å². The van der Waals surface area contributed by atoms with Crippen LogP contribution in [0.5, 0.6) is 5.75 Å². The van der Waals surface area contributed by atoms with E-state index in [1.807, 2.05) is 11.0 Å². The SMILES string of the molecule is COc1cc(CCCCO[C@@H]2CCN(C(C(=O)O)c3cc(F)ccc3C3CCCCC3)C2)nc2c1CCC(C)N2. The maximum Gasteiger partial charge on any atom is 0.325 e. The fraction of sp³-hybridized carbons (Fsp3) is 0.625. The number of fused-ring (bicyclic) bond motifs is 1. The zero-order chi connectivity index (χ0) is 28.1. The summed E-state index contributed by atoms with van der Waals surface area (Å²) in [6.45, 7) is 3.98. The Morgan fingerprint density at radius 1 is 1.18 bits per heavy atom. The van der Waals surface area contributed by atoms with E-state index >= 15 is 0 Å². The number of ether oxygens (including phenoxy) is 2. The molecule has 2 aliphatic heterocycles. The maximum absolute atomic E-state index is 14.4. The average Bonchev–Trinajstić information content (AvgIpc) is 3.40. The number of unbranched alkanes of at least 4 members (excludes halogenated alkanes) is 1. The van der Waals surface area contributed by atoms with Gasteiger partial charge in [0.05, 0.1) is 13.2 Å². The molecule has 2 unspecified atom stereocenters. The Kier molecular flexibility index (Phi) is 9.58. The molecular formula is C32H44FN3O4. The van der Waals surface area contributed by atoms with Crippen molar-refractivity contribution in [2.45, 2.75) is 102 Å². The van der Waals surface area contributed by atoms with Gasteiger partial charge in [-0.15, -0.1) is 0 Å². The predicted molar refractivity (Wildman–Crippen MR) is 154 cm³/mol. The number of rotatable bonds is 11. The fourth-order valence-electron chi connectivity index (χ4n) is 6.77. The molecule has 1 aromatic heterocycles. The third kappa shape index (κ3) is 6.77. The molecule has 1 aliphatic carbocycles. The van der Waals surface area contributed by atoms with Crippen molar-refractivity contribution < 1.29 is 23.8 Å². The fourth-order valence-corrected chi connectivity index (χ4v) is 6.77. The number of halogens is 1.